The summed E-state index contributed by atoms with van der Waals surface area (Å²) in [5, 5.41) is 10.4. The van der Waals surface area contributed by atoms with Crippen molar-refractivity contribution in [3.05, 3.63) is 44.2 Å². The van der Waals surface area contributed by atoms with Crippen LogP contribution in [-0.2, 0) is 13.0 Å². The van der Waals surface area contributed by atoms with Gasteiger partial charge < -0.3 is 10.1 Å². The number of rotatable bonds is 3. The number of pyridine rings is 1. The fourth-order valence-corrected chi connectivity index (χ4v) is 2.43. The normalized spacial score (nSPS) is 11.0. The van der Waals surface area contributed by atoms with Crippen molar-refractivity contribution in [2.45, 2.75) is 26.4 Å². The van der Waals surface area contributed by atoms with Gasteiger partial charge in [0.25, 0.3) is 5.56 Å². The number of halogens is 1. The molecule has 0 saturated heterocycles. The molecule has 1 heterocycles. The van der Waals surface area contributed by atoms with Gasteiger partial charge in [-0.25, -0.2) is 0 Å². The molecule has 2 N–H and O–H groups in total. The van der Waals surface area contributed by atoms with Crippen LogP contribution < -0.4 is 5.56 Å². The summed E-state index contributed by atoms with van der Waals surface area (Å²) in [6, 6.07) is 5.64. The Hall–Kier alpha value is -1.13. The first kappa shape index (κ1) is 12.3. The van der Waals surface area contributed by atoms with Crippen LogP contribution in [0.4, 0.5) is 0 Å². The fraction of sp³-hybridized carbons (Fsp3) is 0.308. The molecule has 0 spiro atoms. The molecule has 0 aliphatic carbocycles. The van der Waals surface area contributed by atoms with Crippen molar-refractivity contribution in [2.75, 3.05) is 0 Å². The van der Waals surface area contributed by atoms with Gasteiger partial charge in [0.2, 0.25) is 0 Å². The molecule has 3 nitrogen and oxygen atoms in total. The summed E-state index contributed by atoms with van der Waals surface area (Å²) < 4.78 is 0.939. The minimum atomic E-state index is -0.105. The Kier molecular flexibility index (Phi) is 3.64. The van der Waals surface area contributed by atoms with E-state index in [0.717, 1.165) is 27.4 Å². The lowest BCUT2D eigenvalue weighted by atomic mass is 10.0. The molecule has 0 unspecified atom stereocenters. The quantitative estimate of drug-likeness (QED) is 0.915. The first-order chi connectivity index (χ1) is 8.17. The topological polar surface area (TPSA) is 53.1 Å². The van der Waals surface area contributed by atoms with Gasteiger partial charge in [0, 0.05) is 20.9 Å². The van der Waals surface area contributed by atoms with E-state index in [1.807, 2.05) is 25.1 Å². The van der Waals surface area contributed by atoms with Crippen LogP contribution in [0.1, 0.15) is 24.5 Å². The lowest BCUT2D eigenvalue weighted by Gasteiger charge is -2.10. The van der Waals surface area contributed by atoms with Gasteiger partial charge in [0.1, 0.15) is 0 Å². The van der Waals surface area contributed by atoms with Crippen LogP contribution in [0.25, 0.3) is 10.9 Å². The minimum Gasteiger partial charge on any atom is -0.392 e. The average molecular weight is 296 g/mol. The molecule has 0 radical (unpaired) electrons. The maximum Gasteiger partial charge on any atom is 0.251 e. The maximum absolute atomic E-state index is 11.9. The van der Waals surface area contributed by atoms with Crippen molar-refractivity contribution in [3.8, 4) is 0 Å². The van der Waals surface area contributed by atoms with Gasteiger partial charge in [0.05, 0.1) is 6.61 Å². The number of aromatic amines is 1. The van der Waals surface area contributed by atoms with Crippen molar-refractivity contribution >= 4 is 26.8 Å². The number of aromatic nitrogens is 1. The zero-order valence-electron chi connectivity index (χ0n) is 9.59. The monoisotopic (exact) mass is 295 g/mol. The summed E-state index contributed by atoms with van der Waals surface area (Å²) >= 11 is 3.40. The van der Waals surface area contributed by atoms with Crippen molar-refractivity contribution in [1.82, 2.24) is 4.98 Å². The molecule has 2 aromatic rings. The Balaban J connectivity index is 2.82. The number of hydrogen-bond acceptors (Lipinski definition) is 2. The standard InChI is InChI=1S/C13H14BrNO2/c1-2-3-9-11(7-16)10-6-8(14)4-5-12(10)15-13(9)17/h4-6,16H,2-3,7H2,1H3,(H,15,17). The first-order valence-electron chi connectivity index (χ1n) is 5.61. The third kappa shape index (κ3) is 2.28. The molecule has 2 rings (SSSR count). The van der Waals surface area contributed by atoms with E-state index in [0.29, 0.717) is 12.0 Å². The number of fused-ring (bicyclic) bond motifs is 1. The Morgan fingerprint density at radius 2 is 2.12 bits per heavy atom. The SMILES string of the molecule is CCCc1c(CO)c2cc(Br)ccc2[nH]c1=O. The molecule has 0 fully saturated rings. The highest BCUT2D eigenvalue weighted by Gasteiger charge is 2.11. The Bertz CT molecular complexity index is 604. The number of H-pyrrole nitrogens is 1. The largest absolute Gasteiger partial charge is 0.392 e. The third-order valence-electron chi connectivity index (χ3n) is 2.85. The molecule has 0 saturated carbocycles. The molecule has 0 bridgehead atoms. The van der Waals surface area contributed by atoms with Gasteiger partial charge in [-0.3, -0.25) is 4.79 Å². The molecule has 90 valence electrons. The van der Waals surface area contributed by atoms with E-state index in [1.54, 1.807) is 0 Å². The predicted octanol–water partition coefficient (Wildman–Crippen LogP) is 2.74. The molecule has 1 aromatic carbocycles. The summed E-state index contributed by atoms with van der Waals surface area (Å²) in [6.45, 7) is 1.91. The van der Waals surface area contributed by atoms with E-state index < -0.39 is 0 Å². The number of aliphatic hydroxyl groups excluding tert-OH is 1. The highest BCUT2D eigenvalue weighted by molar-refractivity contribution is 9.10. The highest BCUT2D eigenvalue weighted by Crippen LogP contribution is 2.23. The van der Waals surface area contributed by atoms with Gasteiger partial charge in [-0.1, -0.05) is 29.3 Å². The fourth-order valence-electron chi connectivity index (χ4n) is 2.07. The Morgan fingerprint density at radius 3 is 2.76 bits per heavy atom. The first-order valence-corrected chi connectivity index (χ1v) is 6.40. The summed E-state index contributed by atoms with van der Waals surface area (Å²) in [5.41, 5.74) is 2.11. The van der Waals surface area contributed by atoms with Gasteiger partial charge in [0.15, 0.2) is 0 Å². The van der Waals surface area contributed by atoms with Gasteiger partial charge in [-0.05, 0) is 30.2 Å². The molecule has 17 heavy (non-hydrogen) atoms. The highest BCUT2D eigenvalue weighted by atomic mass is 79.9. The smallest absolute Gasteiger partial charge is 0.251 e. The van der Waals surface area contributed by atoms with Crippen molar-refractivity contribution in [2.24, 2.45) is 0 Å². The molecular formula is C13H14BrNO2. The average Bonchev–Trinajstić information content (AvgIpc) is 2.31. The molecule has 0 aliphatic heterocycles. The molecule has 0 amide bonds. The summed E-state index contributed by atoms with van der Waals surface area (Å²) in [6.07, 6.45) is 1.57. The molecule has 1 aromatic heterocycles. The predicted molar refractivity (Wildman–Crippen MR) is 72.2 cm³/mol. The second-order valence-corrected chi connectivity index (χ2v) is 4.92. The zero-order chi connectivity index (χ0) is 12.4. The van der Waals surface area contributed by atoms with E-state index in [2.05, 4.69) is 20.9 Å². The summed E-state index contributed by atoms with van der Waals surface area (Å²) in [4.78, 5) is 14.8. The van der Waals surface area contributed by atoms with Crippen molar-refractivity contribution in [3.63, 3.8) is 0 Å². The van der Waals surface area contributed by atoms with Crippen LogP contribution in [0.5, 0.6) is 0 Å². The maximum atomic E-state index is 11.9. The second-order valence-electron chi connectivity index (χ2n) is 4.01. The van der Waals surface area contributed by atoms with E-state index in [-0.39, 0.29) is 12.2 Å². The lowest BCUT2D eigenvalue weighted by Crippen LogP contribution is -2.16. The van der Waals surface area contributed by atoms with Crippen LogP contribution in [-0.4, -0.2) is 10.1 Å². The van der Waals surface area contributed by atoms with Gasteiger partial charge >= 0.3 is 0 Å². The minimum absolute atomic E-state index is 0.0919. The summed E-state index contributed by atoms with van der Waals surface area (Å²) in [5.74, 6) is 0. The molecule has 4 heteroatoms. The van der Waals surface area contributed by atoms with Crippen LogP contribution >= 0.6 is 15.9 Å². The van der Waals surface area contributed by atoms with Crippen LogP contribution in [0, 0.1) is 0 Å². The zero-order valence-corrected chi connectivity index (χ0v) is 11.2. The van der Waals surface area contributed by atoms with Crippen LogP contribution in [0.15, 0.2) is 27.5 Å². The van der Waals surface area contributed by atoms with Crippen molar-refractivity contribution in [1.29, 1.82) is 0 Å². The molecule has 0 aliphatic rings. The van der Waals surface area contributed by atoms with E-state index in [9.17, 15) is 9.90 Å². The lowest BCUT2D eigenvalue weighted by molar-refractivity contribution is 0.282. The van der Waals surface area contributed by atoms with E-state index in [1.165, 1.54) is 0 Å². The summed E-state index contributed by atoms with van der Waals surface area (Å²) in [7, 11) is 0. The number of aliphatic hydroxyl groups is 1. The van der Waals surface area contributed by atoms with Gasteiger partial charge in [-0.2, -0.15) is 0 Å². The van der Waals surface area contributed by atoms with E-state index >= 15 is 0 Å². The van der Waals surface area contributed by atoms with Crippen LogP contribution in [0.3, 0.4) is 0 Å². The number of hydrogen-bond donors (Lipinski definition) is 2. The van der Waals surface area contributed by atoms with Gasteiger partial charge in [-0.15, -0.1) is 0 Å². The molecule has 0 atom stereocenters. The third-order valence-corrected chi connectivity index (χ3v) is 3.34. The second kappa shape index (κ2) is 5.02. The van der Waals surface area contributed by atoms with Crippen LogP contribution in [0.2, 0.25) is 0 Å². The number of benzene rings is 1. The Labute approximate surface area is 108 Å². The van der Waals surface area contributed by atoms with E-state index in [4.69, 9.17) is 0 Å². The number of nitrogens with one attached hydrogen (secondary N) is 1. The molecular weight excluding hydrogens is 282 g/mol. The van der Waals surface area contributed by atoms with Crippen molar-refractivity contribution < 1.29 is 5.11 Å². The Morgan fingerprint density at radius 1 is 1.35 bits per heavy atom.